The molecule has 2 N–H and O–H groups in total. The summed E-state index contributed by atoms with van der Waals surface area (Å²) in [5.41, 5.74) is 0. The number of hydrogen-bond donors (Lipinski definition) is 2. The molecule has 0 aromatic heterocycles. The van der Waals surface area contributed by atoms with Crippen LogP contribution in [0, 0.1) is 0 Å². The SMILES string of the molecule is CC(OC(=O)OCCOC(=O)OC1CCCCC1O)OC(C)OC(=O)OCCOC(=O)OC1CCCCC1O.CCC.CCC.[Y].[Y]. The van der Waals surface area contributed by atoms with Gasteiger partial charge in [-0.25, -0.2) is 19.2 Å². The Labute approximate surface area is 328 Å². The van der Waals surface area contributed by atoms with E-state index in [4.69, 9.17) is 42.6 Å². The van der Waals surface area contributed by atoms with Gasteiger partial charge in [0.25, 0.3) is 0 Å². The van der Waals surface area contributed by atoms with E-state index >= 15 is 0 Å². The maximum Gasteiger partial charge on any atom is 0.510 e. The number of ether oxygens (including phenoxy) is 9. The molecule has 0 amide bonds. The Hall–Kier alpha value is -0.832. The van der Waals surface area contributed by atoms with Crippen molar-refractivity contribution in [2.75, 3.05) is 26.4 Å². The summed E-state index contributed by atoms with van der Waals surface area (Å²) in [6.45, 7) is 9.98. The van der Waals surface area contributed by atoms with E-state index < -0.39 is 61.6 Å². The molecule has 6 atom stereocenters. The number of hydrogen-bond acceptors (Lipinski definition) is 15. The zero-order valence-corrected chi connectivity index (χ0v) is 34.4. The minimum absolute atomic E-state index is 0. The maximum atomic E-state index is 11.7. The molecular formula is C30H54O15Y2. The molecule has 47 heavy (non-hydrogen) atoms. The second kappa shape index (κ2) is 32.4. The minimum Gasteiger partial charge on any atom is -0.431 e. The van der Waals surface area contributed by atoms with Crippen LogP contribution in [0.2, 0.25) is 0 Å². The second-order valence-corrected chi connectivity index (χ2v) is 10.3. The van der Waals surface area contributed by atoms with Gasteiger partial charge in [0.2, 0.25) is 12.6 Å². The zero-order valence-electron chi connectivity index (χ0n) is 28.7. The Balaban J connectivity index is -0.00000224. The zero-order chi connectivity index (χ0) is 34.0. The van der Waals surface area contributed by atoms with Crippen molar-refractivity contribution in [3.63, 3.8) is 0 Å². The molecule has 2 aliphatic carbocycles. The molecule has 0 aliphatic heterocycles. The van der Waals surface area contributed by atoms with Crippen molar-refractivity contribution in [3.8, 4) is 0 Å². The van der Waals surface area contributed by atoms with Gasteiger partial charge in [0.15, 0.2) is 0 Å². The van der Waals surface area contributed by atoms with Crippen molar-refractivity contribution in [1.82, 2.24) is 0 Å². The Bertz CT molecular complexity index is 756. The molecule has 15 nitrogen and oxygen atoms in total. The minimum atomic E-state index is -1.17. The molecule has 6 unspecified atom stereocenters. The van der Waals surface area contributed by atoms with E-state index in [1.807, 2.05) is 0 Å². The van der Waals surface area contributed by atoms with E-state index in [0.717, 1.165) is 25.7 Å². The smallest absolute Gasteiger partial charge is 0.431 e. The van der Waals surface area contributed by atoms with Gasteiger partial charge in [-0.3, -0.25) is 0 Å². The molecule has 0 heterocycles. The monoisotopic (exact) mass is 832 g/mol. The van der Waals surface area contributed by atoms with E-state index in [2.05, 4.69) is 27.7 Å². The molecule has 270 valence electrons. The molecule has 2 radical (unpaired) electrons. The van der Waals surface area contributed by atoms with Gasteiger partial charge in [0.1, 0.15) is 38.6 Å². The van der Waals surface area contributed by atoms with E-state index in [1.165, 1.54) is 26.7 Å². The van der Waals surface area contributed by atoms with Crippen molar-refractivity contribution in [2.24, 2.45) is 0 Å². The van der Waals surface area contributed by atoms with Crippen molar-refractivity contribution < 1.29 is 137 Å². The first-order chi connectivity index (χ1) is 21.5. The van der Waals surface area contributed by atoms with Crippen LogP contribution in [0.1, 0.15) is 106 Å². The van der Waals surface area contributed by atoms with Gasteiger partial charge in [-0.15, -0.1) is 0 Å². The van der Waals surface area contributed by atoms with Crippen LogP contribution in [-0.2, 0) is 108 Å². The maximum absolute atomic E-state index is 11.7. The molecule has 2 fully saturated rings. The van der Waals surface area contributed by atoms with Gasteiger partial charge in [-0.1, -0.05) is 53.4 Å². The first kappa shape index (κ1) is 50.5. The molecule has 17 heteroatoms. The number of aliphatic hydroxyl groups is 2. The standard InChI is InChI=1S/C24H38O15.2C3H8.2Y/c1-15(36-21(27)31-11-13-33-23(29)38-19-9-5-3-7-17(19)25)35-16(2)37-22(28)32-12-14-34-24(30)39-20-10-6-4-8-18(20)26;2*1-3-2;;/h15-20,25-26H,3-14H2,1-2H3;2*3H2,1-2H3;;. The van der Waals surface area contributed by atoms with Crippen molar-refractivity contribution in [1.29, 1.82) is 0 Å². The fourth-order valence-electron chi connectivity index (χ4n) is 3.91. The molecule has 0 aromatic carbocycles. The molecule has 0 spiro atoms. The Morgan fingerprint density at radius 2 is 0.830 bits per heavy atom. The fourth-order valence-corrected chi connectivity index (χ4v) is 3.91. The van der Waals surface area contributed by atoms with Crippen LogP contribution in [0.15, 0.2) is 0 Å². The van der Waals surface area contributed by atoms with Crippen molar-refractivity contribution in [3.05, 3.63) is 0 Å². The predicted octanol–water partition coefficient (Wildman–Crippen LogP) is 5.74. The van der Waals surface area contributed by atoms with Crippen LogP contribution >= 0.6 is 0 Å². The third kappa shape index (κ3) is 27.7. The normalized spacial score (nSPS) is 20.9. The summed E-state index contributed by atoms with van der Waals surface area (Å²) >= 11 is 0. The topological polar surface area (TPSA) is 192 Å². The van der Waals surface area contributed by atoms with Gasteiger partial charge in [0, 0.05) is 65.4 Å². The van der Waals surface area contributed by atoms with Gasteiger partial charge in [-0.2, -0.15) is 0 Å². The number of carbonyl (C=O) groups is 4. The van der Waals surface area contributed by atoms with Crippen LogP contribution in [0.25, 0.3) is 0 Å². The molecule has 0 saturated heterocycles. The van der Waals surface area contributed by atoms with Crippen LogP contribution in [0.3, 0.4) is 0 Å². The quantitative estimate of drug-likeness (QED) is 0.105. The summed E-state index contributed by atoms with van der Waals surface area (Å²) in [6, 6.07) is 0. The van der Waals surface area contributed by atoms with Crippen molar-refractivity contribution in [2.45, 2.75) is 143 Å². The second-order valence-electron chi connectivity index (χ2n) is 10.3. The molecule has 2 rings (SSSR count). The first-order valence-corrected chi connectivity index (χ1v) is 15.8. The first-order valence-electron chi connectivity index (χ1n) is 15.8. The molecule has 0 bridgehead atoms. The average molecular weight is 833 g/mol. The Morgan fingerprint density at radius 3 is 1.13 bits per heavy atom. The number of aliphatic hydroxyl groups excluding tert-OH is 2. The molecular weight excluding hydrogens is 778 g/mol. The van der Waals surface area contributed by atoms with Gasteiger partial charge < -0.3 is 52.8 Å². The summed E-state index contributed by atoms with van der Waals surface area (Å²) in [5.74, 6) is 0. The van der Waals surface area contributed by atoms with E-state index in [1.54, 1.807) is 0 Å². The fraction of sp³-hybridized carbons (Fsp3) is 0.867. The molecule has 2 saturated carbocycles. The van der Waals surface area contributed by atoms with Gasteiger partial charge >= 0.3 is 24.6 Å². The van der Waals surface area contributed by atoms with Gasteiger partial charge in [-0.05, 0) is 52.4 Å². The summed E-state index contributed by atoms with van der Waals surface area (Å²) < 4.78 is 44.0. The van der Waals surface area contributed by atoms with Crippen LogP contribution in [0.5, 0.6) is 0 Å². The number of rotatable bonds is 12. The third-order valence-corrected chi connectivity index (χ3v) is 5.78. The van der Waals surface area contributed by atoms with Crippen LogP contribution < -0.4 is 0 Å². The summed E-state index contributed by atoms with van der Waals surface area (Å²) in [5, 5.41) is 19.6. The van der Waals surface area contributed by atoms with Gasteiger partial charge in [0.05, 0.1) is 12.2 Å². The van der Waals surface area contributed by atoms with Crippen LogP contribution in [-0.4, -0.2) is 98.3 Å². The number of carbonyl (C=O) groups excluding carboxylic acids is 4. The van der Waals surface area contributed by atoms with Crippen molar-refractivity contribution >= 4 is 24.6 Å². The molecule has 2 aliphatic rings. The predicted molar refractivity (Wildman–Crippen MR) is 158 cm³/mol. The summed E-state index contributed by atoms with van der Waals surface area (Å²) in [6.07, 6.45) is -1.09. The summed E-state index contributed by atoms with van der Waals surface area (Å²) in [4.78, 5) is 46.7. The average Bonchev–Trinajstić information content (AvgIpc) is 2.96. The van der Waals surface area contributed by atoms with Crippen LogP contribution in [0.4, 0.5) is 19.2 Å². The van der Waals surface area contributed by atoms with E-state index in [-0.39, 0.29) is 91.8 Å². The third-order valence-electron chi connectivity index (χ3n) is 5.78. The Morgan fingerprint density at radius 1 is 0.553 bits per heavy atom. The molecule has 0 aromatic rings. The van der Waals surface area contributed by atoms with E-state index in [9.17, 15) is 29.4 Å². The van der Waals surface area contributed by atoms with E-state index in [0.29, 0.717) is 25.7 Å². The Kier molecular flexibility index (Phi) is 34.8. The largest absolute Gasteiger partial charge is 0.510 e. The summed E-state index contributed by atoms with van der Waals surface area (Å²) in [7, 11) is 0.